The van der Waals surface area contributed by atoms with E-state index >= 15 is 0 Å². The zero-order chi connectivity index (χ0) is 21.2. The molecule has 0 atom stereocenters. The fourth-order valence-electron chi connectivity index (χ4n) is 3.18. The monoisotopic (exact) mass is 414 g/mol. The minimum Gasteiger partial charge on any atom is -0.351 e. The lowest BCUT2D eigenvalue weighted by atomic mass is 10.1. The Hall–Kier alpha value is -1.95. The van der Waals surface area contributed by atoms with Gasteiger partial charge in [-0.15, -0.1) is 0 Å². The van der Waals surface area contributed by atoms with Gasteiger partial charge in [0, 0.05) is 25.4 Å². The first kappa shape index (κ1) is 23.3. The van der Waals surface area contributed by atoms with Gasteiger partial charge >= 0.3 is 0 Å². The summed E-state index contributed by atoms with van der Waals surface area (Å²) in [6.45, 7) is 12.9. The zero-order valence-corrected chi connectivity index (χ0v) is 19.1. The third-order valence-electron chi connectivity index (χ3n) is 4.96. The van der Waals surface area contributed by atoms with Gasteiger partial charge in [0.25, 0.3) is 0 Å². The Morgan fingerprint density at radius 1 is 0.966 bits per heavy atom. The molecule has 0 aliphatic heterocycles. The number of hydrogen-bond donors (Lipinski definition) is 1. The molecule has 0 aromatic heterocycles. The molecular weight excluding hydrogens is 380 g/mol. The Bertz CT molecular complexity index is 774. The lowest BCUT2D eigenvalue weighted by Gasteiger charge is -2.30. The van der Waals surface area contributed by atoms with Gasteiger partial charge in [0.2, 0.25) is 0 Å². The first-order valence-corrected chi connectivity index (χ1v) is 10.8. The van der Waals surface area contributed by atoms with Crippen molar-refractivity contribution < 1.29 is 9.47 Å². The van der Waals surface area contributed by atoms with Crippen LogP contribution in [-0.4, -0.2) is 42.6 Å². The van der Waals surface area contributed by atoms with E-state index < -0.39 is 0 Å². The van der Waals surface area contributed by atoms with Crippen LogP contribution in [0.3, 0.4) is 0 Å². The maximum atomic E-state index is 5.80. The van der Waals surface area contributed by atoms with Gasteiger partial charge in [-0.3, -0.25) is 0 Å². The van der Waals surface area contributed by atoms with Crippen LogP contribution in [0.5, 0.6) is 0 Å². The van der Waals surface area contributed by atoms with Crippen molar-refractivity contribution in [3.63, 3.8) is 0 Å². The van der Waals surface area contributed by atoms with E-state index in [1.807, 2.05) is 19.9 Å². The SMILES string of the molecule is CCOC(CN(CCc1ccccc1)C(=S)Nc1cc(C)c(C)cc1C)OCC. The molecule has 0 fully saturated rings. The number of anilines is 1. The Balaban J connectivity index is 2.15. The summed E-state index contributed by atoms with van der Waals surface area (Å²) in [5, 5.41) is 4.14. The van der Waals surface area contributed by atoms with Crippen molar-refractivity contribution in [2.45, 2.75) is 47.3 Å². The molecule has 0 amide bonds. The van der Waals surface area contributed by atoms with Gasteiger partial charge in [-0.1, -0.05) is 36.4 Å². The van der Waals surface area contributed by atoms with Crippen LogP contribution in [0.15, 0.2) is 42.5 Å². The largest absolute Gasteiger partial charge is 0.351 e. The Labute approximate surface area is 181 Å². The lowest BCUT2D eigenvalue weighted by Crippen LogP contribution is -2.43. The summed E-state index contributed by atoms with van der Waals surface area (Å²) in [6.07, 6.45) is 0.598. The molecule has 0 radical (unpaired) electrons. The molecule has 2 aromatic rings. The zero-order valence-electron chi connectivity index (χ0n) is 18.3. The van der Waals surface area contributed by atoms with Crippen molar-refractivity contribution in [2.75, 3.05) is 31.6 Å². The number of ether oxygens (including phenoxy) is 2. The summed E-state index contributed by atoms with van der Waals surface area (Å²) in [4.78, 5) is 2.15. The fraction of sp³-hybridized carbons (Fsp3) is 0.458. The third-order valence-corrected chi connectivity index (χ3v) is 5.32. The Kier molecular flexibility index (Phi) is 9.58. The van der Waals surface area contributed by atoms with Crippen LogP contribution in [0.2, 0.25) is 0 Å². The normalized spacial score (nSPS) is 11.0. The van der Waals surface area contributed by atoms with Gasteiger partial charge < -0.3 is 19.7 Å². The molecule has 0 bridgehead atoms. The molecule has 29 heavy (non-hydrogen) atoms. The maximum absolute atomic E-state index is 5.80. The molecule has 5 heteroatoms. The molecule has 0 aliphatic carbocycles. The number of nitrogens with zero attached hydrogens (tertiary/aromatic N) is 1. The minimum atomic E-state index is -0.304. The highest BCUT2D eigenvalue weighted by atomic mass is 32.1. The van der Waals surface area contributed by atoms with Crippen molar-refractivity contribution in [3.05, 3.63) is 64.7 Å². The van der Waals surface area contributed by atoms with Crippen molar-refractivity contribution in [1.29, 1.82) is 0 Å². The summed E-state index contributed by atoms with van der Waals surface area (Å²) in [5.74, 6) is 0. The Morgan fingerprint density at radius 3 is 2.21 bits per heavy atom. The van der Waals surface area contributed by atoms with E-state index in [-0.39, 0.29) is 6.29 Å². The van der Waals surface area contributed by atoms with E-state index in [1.54, 1.807) is 0 Å². The summed E-state index contributed by atoms with van der Waals surface area (Å²) in [6, 6.07) is 14.8. The van der Waals surface area contributed by atoms with Crippen LogP contribution in [0.25, 0.3) is 0 Å². The predicted molar refractivity (Wildman–Crippen MR) is 126 cm³/mol. The van der Waals surface area contributed by atoms with Gasteiger partial charge in [0.15, 0.2) is 11.4 Å². The van der Waals surface area contributed by atoms with Crippen molar-refractivity contribution in [3.8, 4) is 0 Å². The van der Waals surface area contributed by atoms with Crippen LogP contribution >= 0.6 is 12.2 Å². The van der Waals surface area contributed by atoms with Crippen LogP contribution in [0.1, 0.15) is 36.1 Å². The molecular formula is C24H34N2O2S. The number of nitrogens with one attached hydrogen (secondary N) is 1. The highest BCUT2D eigenvalue weighted by molar-refractivity contribution is 7.80. The molecule has 1 N–H and O–H groups in total. The third kappa shape index (κ3) is 7.42. The number of thiocarbonyl (C=S) groups is 1. The predicted octanol–water partition coefficient (Wildman–Crippen LogP) is 5.25. The second-order valence-corrected chi connectivity index (χ2v) is 7.59. The first-order chi connectivity index (χ1) is 13.9. The van der Waals surface area contributed by atoms with Crippen molar-refractivity contribution in [1.82, 2.24) is 4.90 Å². The van der Waals surface area contributed by atoms with E-state index in [4.69, 9.17) is 21.7 Å². The van der Waals surface area contributed by atoms with Crippen molar-refractivity contribution >= 4 is 23.0 Å². The second kappa shape index (κ2) is 11.9. The summed E-state index contributed by atoms with van der Waals surface area (Å²) >= 11 is 5.80. The smallest absolute Gasteiger partial charge is 0.174 e. The average molecular weight is 415 g/mol. The summed E-state index contributed by atoms with van der Waals surface area (Å²) in [7, 11) is 0. The molecule has 2 aromatic carbocycles. The minimum absolute atomic E-state index is 0.304. The number of benzene rings is 2. The van der Waals surface area contributed by atoms with E-state index in [0.29, 0.717) is 24.9 Å². The van der Waals surface area contributed by atoms with Gasteiger partial charge in [-0.05, 0) is 81.6 Å². The Morgan fingerprint density at radius 2 is 1.59 bits per heavy atom. The van der Waals surface area contributed by atoms with E-state index in [9.17, 15) is 0 Å². The molecule has 2 rings (SSSR count). The van der Waals surface area contributed by atoms with E-state index in [1.165, 1.54) is 22.3 Å². The quantitative estimate of drug-likeness (QED) is 0.424. The number of rotatable bonds is 10. The maximum Gasteiger partial charge on any atom is 0.174 e. The molecule has 0 saturated heterocycles. The standard InChI is InChI=1S/C24H34N2O2S/c1-6-27-23(28-7-2)17-26(14-13-21-11-9-8-10-12-21)24(29)25-22-16-19(4)18(3)15-20(22)5/h8-12,15-16,23H,6-7,13-14,17H2,1-5H3,(H,25,29). The van der Waals surface area contributed by atoms with E-state index in [2.05, 4.69) is 67.4 Å². The van der Waals surface area contributed by atoms with Gasteiger partial charge in [-0.2, -0.15) is 0 Å². The molecule has 0 saturated carbocycles. The summed E-state index contributed by atoms with van der Waals surface area (Å²) in [5.41, 5.74) is 6.05. The first-order valence-electron chi connectivity index (χ1n) is 10.4. The van der Waals surface area contributed by atoms with E-state index in [0.717, 1.165) is 18.7 Å². The highest BCUT2D eigenvalue weighted by Crippen LogP contribution is 2.21. The molecule has 0 aliphatic rings. The molecule has 4 nitrogen and oxygen atoms in total. The molecule has 0 heterocycles. The topological polar surface area (TPSA) is 33.7 Å². The van der Waals surface area contributed by atoms with Gasteiger partial charge in [-0.25, -0.2) is 0 Å². The molecule has 158 valence electrons. The van der Waals surface area contributed by atoms with Crippen molar-refractivity contribution in [2.24, 2.45) is 0 Å². The summed E-state index contributed by atoms with van der Waals surface area (Å²) < 4.78 is 11.5. The average Bonchev–Trinajstić information content (AvgIpc) is 2.70. The lowest BCUT2D eigenvalue weighted by molar-refractivity contribution is -0.141. The number of aryl methyl sites for hydroxylation is 3. The fourth-order valence-corrected chi connectivity index (χ4v) is 3.45. The van der Waals surface area contributed by atoms with Gasteiger partial charge in [0.1, 0.15) is 0 Å². The van der Waals surface area contributed by atoms with Crippen LogP contribution in [-0.2, 0) is 15.9 Å². The number of hydrogen-bond acceptors (Lipinski definition) is 3. The van der Waals surface area contributed by atoms with Crippen LogP contribution in [0.4, 0.5) is 5.69 Å². The highest BCUT2D eigenvalue weighted by Gasteiger charge is 2.18. The van der Waals surface area contributed by atoms with Crippen LogP contribution < -0.4 is 5.32 Å². The molecule has 0 unspecified atom stereocenters. The van der Waals surface area contributed by atoms with Crippen LogP contribution in [0, 0.1) is 20.8 Å². The second-order valence-electron chi connectivity index (χ2n) is 7.20. The molecule has 0 spiro atoms. The van der Waals surface area contributed by atoms with Gasteiger partial charge in [0.05, 0.1) is 6.54 Å².